The molecule has 0 bridgehead atoms. The van der Waals surface area contributed by atoms with Crippen LogP contribution in [0.25, 0.3) is 0 Å². The van der Waals surface area contributed by atoms with Gasteiger partial charge in [0.25, 0.3) is 0 Å². The Morgan fingerprint density at radius 3 is 1.86 bits per heavy atom. The lowest BCUT2D eigenvalue weighted by Crippen LogP contribution is -2.31. The minimum Gasteiger partial charge on any atom is -0.251 e. The highest BCUT2D eigenvalue weighted by Crippen LogP contribution is 2.55. The number of hydrogen-bond acceptors (Lipinski definition) is 2. The molecule has 8 heteroatoms. The Morgan fingerprint density at radius 1 is 1.21 bits per heavy atom. The van der Waals surface area contributed by atoms with Gasteiger partial charge in [-0.25, -0.2) is 8.88 Å². The Hall–Kier alpha value is 0.290. The van der Waals surface area contributed by atoms with Crippen molar-refractivity contribution < 1.29 is 4.21 Å². The van der Waals surface area contributed by atoms with Crippen molar-refractivity contribution in [1.82, 2.24) is 14.0 Å². The van der Waals surface area contributed by atoms with Crippen LogP contribution in [0.1, 0.15) is 0 Å². The molecule has 0 atom stereocenters. The average Bonchev–Trinajstić information content (AvgIpc) is 2.05. The van der Waals surface area contributed by atoms with Gasteiger partial charge < -0.3 is 0 Å². The average molecular weight is 259 g/mol. The van der Waals surface area contributed by atoms with Gasteiger partial charge in [0.1, 0.15) is 11.3 Å². The van der Waals surface area contributed by atoms with Crippen molar-refractivity contribution in [3.63, 3.8) is 0 Å². The summed E-state index contributed by atoms with van der Waals surface area (Å²) in [7, 11) is 7.24. The van der Waals surface area contributed by atoms with E-state index in [0.717, 1.165) is 0 Å². The lowest BCUT2D eigenvalue weighted by Gasteiger charge is -2.39. The van der Waals surface area contributed by atoms with Gasteiger partial charge in [0.15, 0.2) is 7.51 Å². The summed E-state index contributed by atoms with van der Waals surface area (Å²) in [5.41, 5.74) is 1.47. The third kappa shape index (κ3) is 2.66. The van der Waals surface area contributed by atoms with E-state index in [1.54, 1.807) is 11.7 Å². The van der Waals surface area contributed by atoms with Gasteiger partial charge in [-0.1, -0.05) is 0 Å². The highest BCUT2D eigenvalue weighted by atomic mass is 35.5. The molecule has 0 aliphatic heterocycles. The van der Waals surface area contributed by atoms with Crippen molar-refractivity contribution in [2.24, 2.45) is 4.26 Å². The Balaban J connectivity index is 5.38. The van der Waals surface area contributed by atoms with Crippen LogP contribution in [0.15, 0.2) is 4.26 Å². The maximum atomic E-state index is 10.5. The Morgan fingerprint density at radius 2 is 1.64 bits per heavy atom. The van der Waals surface area contributed by atoms with Crippen LogP contribution in [0.4, 0.5) is 0 Å². The normalized spacial score (nSPS) is 12.4. The zero-order valence-electron chi connectivity index (χ0n) is 9.01. The van der Waals surface area contributed by atoms with Crippen molar-refractivity contribution in [3.05, 3.63) is 0 Å². The van der Waals surface area contributed by atoms with Crippen molar-refractivity contribution >= 4 is 36.0 Å². The first-order chi connectivity index (χ1) is 6.43. The molecule has 0 heterocycles. The topological polar surface area (TPSA) is 39.1 Å². The van der Waals surface area contributed by atoms with Crippen LogP contribution in [0, 0.1) is 0 Å². The fourth-order valence-corrected chi connectivity index (χ4v) is 5.33. The summed E-state index contributed by atoms with van der Waals surface area (Å²) in [5.74, 6) is 0. The van der Waals surface area contributed by atoms with E-state index < -0.39 is 7.51 Å². The molecule has 0 aromatic rings. The van der Waals surface area contributed by atoms with Crippen molar-refractivity contribution in [1.29, 1.82) is 0 Å². The van der Waals surface area contributed by atoms with Crippen LogP contribution in [0.3, 0.4) is 0 Å². The molecule has 0 aliphatic rings. The molecule has 0 rings (SSSR count). The van der Waals surface area contributed by atoms with Crippen molar-refractivity contribution in [2.75, 3.05) is 35.2 Å². The molecule has 0 saturated heterocycles. The van der Waals surface area contributed by atoms with E-state index in [2.05, 4.69) is 4.26 Å². The second kappa shape index (κ2) is 6.00. The molecular formula is C6H16ClN4OPS. The molecule has 14 heavy (non-hydrogen) atoms. The van der Waals surface area contributed by atoms with E-state index in [9.17, 15) is 4.21 Å². The van der Waals surface area contributed by atoms with Crippen molar-refractivity contribution in [2.45, 2.75) is 0 Å². The Bertz CT molecular complexity index is 278. The summed E-state index contributed by atoms with van der Waals surface area (Å²) in [6.07, 6.45) is 0. The minimum absolute atomic E-state index is 0.394. The molecule has 0 aromatic carbocycles. The first-order valence-corrected chi connectivity index (χ1v) is 6.61. The molecule has 0 aliphatic carbocycles. The van der Waals surface area contributed by atoms with Gasteiger partial charge in [0.05, 0.1) is 5.49 Å². The van der Waals surface area contributed by atoms with Crippen LogP contribution < -0.4 is 0 Å². The first-order valence-electron chi connectivity index (χ1n) is 3.87. The monoisotopic (exact) mass is 258 g/mol. The fraction of sp³-hybridized carbons (Fsp3) is 0.833. The van der Waals surface area contributed by atoms with E-state index >= 15 is 0 Å². The molecule has 0 unspecified atom stereocenters. The van der Waals surface area contributed by atoms with Gasteiger partial charge in [-0.05, 0) is 35.2 Å². The van der Waals surface area contributed by atoms with Crippen LogP contribution in [0.2, 0.25) is 0 Å². The molecule has 0 amide bonds. The summed E-state index contributed by atoms with van der Waals surface area (Å²) in [6.45, 7) is 0. The highest BCUT2D eigenvalue weighted by Gasteiger charge is 2.29. The number of nitrogens with zero attached hydrogens (tertiary/aromatic N) is 4. The second-order valence-corrected chi connectivity index (χ2v) is 7.39. The number of halogens is 1. The van der Waals surface area contributed by atoms with E-state index in [0.29, 0.717) is 11.3 Å². The molecule has 84 valence electrons. The molecule has 0 saturated carbocycles. The van der Waals surface area contributed by atoms with Crippen LogP contribution in [0.5, 0.6) is 0 Å². The van der Waals surface area contributed by atoms with Crippen LogP contribution in [-0.4, -0.2) is 58.9 Å². The summed E-state index contributed by atoms with van der Waals surface area (Å²) in [5, 5.41) is 0. The van der Waals surface area contributed by atoms with E-state index in [-0.39, 0.29) is 0 Å². The third-order valence-electron chi connectivity index (χ3n) is 1.79. The van der Waals surface area contributed by atoms with Gasteiger partial charge in [-0.3, -0.25) is 9.34 Å². The summed E-state index contributed by atoms with van der Waals surface area (Å²) >= 11 is 6.06. The maximum Gasteiger partial charge on any atom is 0.189 e. The molecule has 0 N–H and O–H groups in total. The maximum absolute atomic E-state index is 10.5. The zero-order chi connectivity index (χ0) is 11.4. The van der Waals surface area contributed by atoms with Gasteiger partial charge in [0.2, 0.25) is 0 Å². The summed E-state index contributed by atoms with van der Waals surface area (Å²) in [4.78, 5) is 0. The lowest BCUT2D eigenvalue weighted by atomic mass is 11.2. The third-order valence-corrected chi connectivity index (χ3v) is 6.27. The predicted molar refractivity (Wildman–Crippen MR) is 64.5 cm³/mol. The largest absolute Gasteiger partial charge is 0.251 e. The molecule has 0 aromatic heterocycles. The quantitative estimate of drug-likeness (QED) is 0.560. The lowest BCUT2D eigenvalue weighted by molar-refractivity contribution is 0.512. The zero-order valence-corrected chi connectivity index (χ0v) is 11.5. The summed E-state index contributed by atoms with van der Waals surface area (Å²) < 4.78 is 20.0. The highest BCUT2D eigenvalue weighted by molar-refractivity contribution is 7.67. The van der Waals surface area contributed by atoms with Gasteiger partial charge >= 0.3 is 0 Å². The minimum atomic E-state index is -2.11. The molecule has 5 nitrogen and oxygen atoms in total. The van der Waals surface area contributed by atoms with Gasteiger partial charge in [-0.15, -0.1) is 0 Å². The predicted octanol–water partition coefficient (Wildman–Crippen LogP) is 1.11. The van der Waals surface area contributed by atoms with Crippen LogP contribution in [-0.2, 0) is 11.3 Å². The molecular weight excluding hydrogens is 243 g/mol. The van der Waals surface area contributed by atoms with E-state index in [1.807, 2.05) is 37.5 Å². The van der Waals surface area contributed by atoms with E-state index in [1.165, 1.54) is 5.49 Å². The van der Waals surface area contributed by atoms with Crippen molar-refractivity contribution in [3.8, 4) is 0 Å². The SMILES string of the molecule is CN(C)P(=NCl)(N(C)C)N(C)C=S=O. The standard InChI is InChI=1S/C6H16ClN4OPS/c1-9(2)13(8-7,10(3)4)11(5)6-14-12/h6H,1-5H3. The smallest absolute Gasteiger partial charge is 0.189 e. The first kappa shape index (κ1) is 14.3. The summed E-state index contributed by atoms with van der Waals surface area (Å²) in [6, 6.07) is 0. The van der Waals surface area contributed by atoms with E-state index in [4.69, 9.17) is 11.8 Å². The molecule has 0 spiro atoms. The fourth-order valence-electron chi connectivity index (χ4n) is 1.24. The number of rotatable bonds is 4. The van der Waals surface area contributed by atoms with Crippen LogP contribution >= 0.6 is 19.3 Å². The molecule has 0 radical (unpaired) electrons. The second-order valence-electron chi connectivity index (χ2n) is 3.08. The Labute approximate surface area is 94.0 Å². The molecule has 0 fully saturated rings. The van der Waals surface area contributed by atoms with Gasteiger partial charge in [-0.2, -0.15) is 4.26 Å². The van der Waals surface area contributed by atoms with Gasteiger partial charge in [0, 0.05) is 11.8 Å². The number of hydrogen-bond donors (Lipinski definition) is 0. The Kier molecular flexibility index (Phi) is 6.12.